The molecule has 16 heteroatoms. The number of hydrogen-bond acceptors (Lipinski definition) is 10. The van der Waals surface area contributed by atoms with Gasteiger partial charge in [-0.1, -0.05) is 22.0 Å². The van der Waals surface area contributed by atoms with Crippen molar-refractivity contribution in [3.8, 4) is 11.3 Å². The molecule has 1 atom stereocenters. The molecule has 0 spiro atoms. The average Bonchev–Trinajstić information content (AvgIpc) is 3.70. The van der Waals surface area contributed by atoms with Crippen LogP contribution in [0.25, 0.3) is 22.3 Å². The summed E-state index contributed by atoms with van der Waals surface area (Å²) in [6.07, 6.45) is 5.28. The molecule has 0 saturated carbocycles. The summed E-state index contributed by atoms with van der Waals surface area (Å²) in [7, 11) is 2.11. The van der Waals surface area contributed by atoms with Crippen LogP contribution in [0.5, 0.6) is 0 Å². The average molecular weight is 828 g/mol. The lowest BCUT2D eigenvalue weighted by atomic mass is 10.0. The lowest BCUT2D eigenvalue weighted by molar-refractivity contribution is -0.136. The second-order valence-electron chi connectivity index (χ2n) is 15.0. The molecule has 1 unspecified atom stereocenters. The molecule has 290 valence electrons. The Bertz CT molecular complexity index is 2380. The van der Waals surface area contributed by atoms with Crippen LogP contribution >= 0.6 is 15.9 Å². The van der Waals surface area contributed by atoms with E-state index in [-0.39, 0.29) is 47.0 Å². The number of carbonyl (C=O) groups excluding carboxylic acids is 3. The van der Waals surface area contributed by atoms with E-state index in [1.54, 1.807) is 17.2 Å². The lowest BCUT2D eigenvalue weighted by Gasteiger charge is -2.38. The monoisotopic (exact) mass is 826 g/mol. The molecule has 8 rings (SSSR count). The molecule has 13 nitrogen and oxygen atoms in total. The van der Waals surface area contributed by atoms with Gasteiger partial charge in [0.15, 0.2) is 11.6 Å². The van der Waals surface area contributed by atoms with E-state index in [1.807, 2.05) is 49.6 Å². The number of amides is 3. The molecular formula is C40H41BrF2N10O3. The molecular weight excluding hydrogens is 786 g/mol. The number of halogens is 3. The second kappa shape index (κ2) is 15.0. The van der Waals surface area contributed by atoms with E-state index in [0.29, 0.717) is 48.3 Å². The van der Waals surface area contributed by atoms with Gasteiger partial charge in [0, 0.05) is 60.3 Å². The van der Waals surface area contributed by atoms with Crippen LogP contribution in [0.4, 0.5) is 26.2 Å². The Balaban J connectivity index is 0.883. The lowest BCUT2D eigenvalue weighted by Crippen LogP contribution is -2.52. The van der Waals surface area contributed by atoms with Crippen LogP contribution in [0.2, 0.25) is 0 Å². The van der Waals surface area contributed by atoms with E-state index >= 15 is 8.78 Å². The minimum absolute atomic E-state index is 0.0306. The van der Waals surface area contributed by atoms with Crippen molar-refractivity contribution in [2.45, 2.75) is 77.7 Å². The smallest absolute Gasteiger partial charge is 0.255 e. The van der Waals surface area contributed by atoms with Gasteiger partial charge in [0.1, 0.15) is 28.9 Å². The number of fused-ring (bicyclic) bond motifs is 2. The number of aromatic nitrogens is 5. The number of aryl methyl sites for hydroxylation is 1. The van der Waals surface area contributed by atoms with E-state index in [0.717, 1.165) is 53.4 Å². The van der Waals surface area contributed by atoms with E-state index < -0.39 is 23.6 Å². The number of carbonyl (C=O) groups is 3. The summed E-state index contributed by atoms with van der Waals surface area (Å²) in [6.45, 7) is 8.47. The molecule has 5 aromatic rings. The van der Waals surface area contributed by atoms with Gasteiger partial charge < -0.3 is 19.7 Å². The zero-order valence-corrected chi connectivity index (χ0v) is 33.0. The first-order chi connectivity index (χ1) is 26.9. The van der Waals surface area contributed by atoms with Gasteiger partial charge in [-0.25, -0.2) is 28.7 Å². The Hall–Kier alpha value is -5.35. The zero-order valence-electron chi connectivity index (χ0n) is 31.4. The van der Waals surface area contributed by atoms with Gasteiger partial charge in [-0.15, -0.1) is 0 Å². The van der Waals surface area contributed by atoms with E-state index in [1.165, 1.54) is 6.07 Å². The largest absolute Gasteiger partial charge is 0.370 e. The van der Waals surface area contributed by atoms with Crippen LogP contribution in [-0.2, 0) is 22.7 Å². The molecule has 0 bridgehead atoms. The van der Waals surface area contributed by atoms with Crippen molar-refractivity contribution < 1.29 is 23.2 Å². The van der Waals surface area contributed by atoms with Crippen molar-refractivity contribution in [2.75, 3.05) is 30.4 Å². The first-order valence-electron chi connectivity index (χ1n) is 18.7. The number of nitrogens with one attached hydrogen (secondary N) is 2. The highest BCUT2D eigenvalue weighted by Gasteiger charge is 2.40. The summed E-state index contributed by atoms with van der Waals surface area (Å²) >= 11 is 3.77. The van der Waals surface area contributed by atoms with Gasteiger partial charge in [-0.2, -0.15) is 0 Å². The van der Waals surface area contributed by atoms with E-state index in [4.69, 9.17) is 0 Å². The third-order valence-corrected chi connectivity index (χ3v) is 12.0. The standard InChI is InChI=1S/C40H41BrF2N10O3/c1-21(2)53-22(3)46-37-29(42)15-24(16-32(37)53)36-30(43)18-45-40(49-36)47-33-9-6-26(17-44-33)51-13-11-25(12-14-51)50(4)19-23-5-7-27-28(35(23)41)20-52(39(27)56)31-8-10-34(54)48-38(31)55/h5-7,9,15-18,21,25,31H,8,10-14,19-20H2,1-4H3,(H,48,54,55)(H,44,45,47,49). The Kier molecular flexibility index (Phi) is 10.0. The number of anilines is 3. The SMILES string of the molecule is Cc1nc2c(F)cc(-c3nc(Nc4ccc(N5CCC(N(C)Cc6ccc7c(c6Br)CN(C6CCC(=O)NC6=O)C7=O)CC5)cn4)ncc3F)cc2n1C(C)C. The summed E-state index contributed by atoms with van der Waals surface area (Å²) in [4.78, 5) is 61.0. The van der Waals surface area contributed by atoms with Crippen molar-refractivity contribution in [1.82, 2.24) is 39.6 Å². The highest BCUT2D eigenvalue weighted by molar-refractivity contribution is 9.10. The molecule has 2 fully saturated rings. The molecule has 0 aliphatic carbocycles. The third kappa shape index (κ3) is 7.00. The number of imidazole rings is 1. The fraction of sp³-hybridized carbons (Fsp3) is 0.375. The predicted molar refractivity (Wildman–Crippen MR) is 210 cm³/mol. The van der Waals surface area contributed by atoms with Gasteiger partial charge in [0.2, 0.25) is 17.8 Å². The van der Waals surface area contributed by atoms with E-state index in [9.17, 15) is 14.4 Å². The molecule has 3 aliphatic heterocycles. The second-order valence-corrected chi connectivity index (χ2v) is 15.8. The van der Waals surface area contributed by atoms with Crippen LogP contribution < -0.4 is 15.5 Å². The number of piperidine rings is 2. The first-order valence-corrected chi connectivity index (χ1v) is 19.5. The number of benzene rings is 2. The van der Waals surface area contributed by atoms with Crippen LogP contribution in [0.3, 0.4) is 0 Å². The van der Waals surface area contributed by atoms with E-state index in [2.05, 4.69) is 63.3 Å². The quantitative estimate of drug-likeness (QED) is 0.160. The maximum absolute atomic E-state index is 15.1. The number of pyridine rings is 1. The molecule has 3 amide bonds. The minimum atomic E-state index is -0.672. The summed E-state index contributed by atoms with van der Waals surface area (Å²) in [5.74, 6) is -0.844. The number of imide groups is 1. The molecule has 56 heavy (non-hydrogen) atoms. The number of nitrogens with zero attached hydrogens (tertiary/aromatic N) is 8. The summed E-state index contributed by atoms with van der Waals surface area (Å²) in [5, 5.41) is 5.41. The highest BCUT2D eigenvalue weighted by Crippen LogP contribution is 2.36. The van der Waals surface area contributed by atoms with Crippen molar-refractivity contribution in [3.05, 3.63) is 87.4 Å². The molecule has 2 saturated heterocycles. The third-order valence-electron chi connectivity index (χ3n) is 11.0. The highest BCUT2D eigenvalue weighted by atomic mass is 79.9. The molecule has 2 aromatic carbocycles. The van der Waals surface area contributed by atoms with Gasteiger partial charge in [0.05, 0.1) is 23.6 Å². The molecule has 0 radical (unpaired) electrons. The van der Waals surface area contributed by atoms with Crippen molar-refractivity contribution >= 4 is 62.1 Å². The van der Waals surface area contributed by atoms with Crippen LogP contribution in [-0.4, -0.2) is 84.2 Å². The van der Waals surface area contributed by atoms with Gasteiger partial charge >= 0.3 is 0 Å². The number of hydrogen-bond donors (Lipinski definition) is 2. The molecule has 2 N–H and O–H groups in total. The van der Waals surface area contributed by atoms with Gasteiger partial charge in [-0.3, -0.25) is 24.6 Å². The van der Waals surface area contributed by atoms with Crippen molar-refractivity contribution in [2.24, 2.45) is 0 Å². The summed E-state index contributed by atoms with van der Waals surface area (Å²) in [6, 6.07) is 10.3. The summed E-state index contributed by atoms with van der Waals surface area (Å²) in [5.41, 5.74) is 4.56. The minimum Gasteiger partial charge on any atom is -0.370 e. The normalized spacial score (nSPS) is 17.7. The molecule has 3 aromatic heterocycles. The summed E-state index contributed by atoms with van der Waals surface area (Å²) < 4.78 is 33.0. The fourth-order valence-corrected chi connectivity index (χ4v) is 8.78. The molecule has 6 heterocycles. The number of rotatable bonds is 9. The molecule has 3 aliphatic rings. The van der Waals surface area contributed by atoms with Crippen LogP contribution in [0, 0.1) is 18.6 Å². The van der Waals surface area contributed by atoms with Crippen molar-refractivity contribution in [1.29, 1.82) is 0 Å². The van der Waals surface area contributed by atoms with Crippen LogP contribution in [0.15, 0.2) is 53.3 Å². The van der Waals surface area contributed by atoms with Gasteiger partial charge in [0.25, 0.3) is 5.91 Å². The Morgan fingerprint density at radius 2 is 1.79 bits per heavy atom. The maximum Gasteiger partial charge on any atom is 0.255 e. The first kappa shape index (κ1) is 37.6. The topological polar surface area (TPSA) is 141 Å². The maximum atomic E-state index is 15.1. The Morgan fingerprint density at radius 3 is 2.50 bits per heavy atom. The zero-order chi connectivity index (χ0) is 39.4. The predicted octanol–water partition coefficient (Wildman–Crippen LogP) is 6.42. The van der Waals surface area contributed by atoms with Crippen molar-refractivity contribution in [3.63, 3.8) is 0 Å². The Labute approximate surface area is 330 Å². The fourth-order valence-electron chi connectivity index (χ4n) is 8.19. The van der Waals surface area contributed by atoms with Crippen LogP contribution in [0.1, 0.15) is 72.9 Å². The van der Waals surface area contributed by atoms with Gasteiger partial charge in [-0.05, 0) is 88.5 Å². The Morgan fingerprint density at radius 1 is 1.00 bits per heavy atom.